The van der Waals surface area contributed by atoms with Gasteiger partial charge in [-0.3, -0.25) is 0 Å². The van der Waals surface area contributed by atoms with Crippen molar-refractivity contribution in [3.8, 4) is 0 Å². The van der Waals surface area contributed by atoms with Crippen LogP contribution < -0.4 is 5.73 Å². The molecule has 0 saturated heterocycles. The predicted octanol–water partition coefficient (Wildman–Crippen LogP) is 1.10. The minimum absolute atomic E-state index is 0.0685. The van der Waals surface area contributed by atoms with Crippen LogP contribution in [0, 0.1) is 5.92 Å². The van der Waals surface area contributed by atoms with Crippen LogP contribution in [0.1, 0.15) is 33.6 Å². The minimum Gasteiger partial charge on any atom is -0.465 e. The first-order valence-electron chi connectivity index (χ1n) is 6.70. The Morgan fingerprint density at radius 3 is 2.56 bits per heavy atom. The lowest BCUT2D eigenvalue weighted by atomic mass is 9.96. The quantitative estimate of drug-likeness (QED) is 0.628. The number of rotatable bonds is 9. The molecule has 0 spiro atoms. The summed E-state index contributed by atoms with van der Waals surface area (Å²) in [6, 6.07) is 0. The summed E-state index contributed by atoms with van der Waals surface area (Å²) in [6.45, 7) is 7.34. The number of nitrogens with two attached hydrogens (primary N) is 1. The molecule has 5 nitrogen and oxygen atoms in total. The highest BCUT2D eigenvalue weighted by molar-refractivity contribution is 5.81. The highest BCUT2D eigenvalue weighted by atomic mass is 16.5. The standard InChI is InChI=1S/C13H25NO4/c1-4-16-8-10(3)18-9-13(14,11-6-7-11)12(15)17-5-2/h10-11H,4-9,14H2,1-3H3. The molecule has 0 aromatic carbocycles. The van der Waals surface area contributed by atoms with Gasteiger partial charge in [0.15, 0.2) is 0 Å². The molecule has 5 heteroatoms. The molecule has 2 atom stereocenters. The second-order valence-corrected chi connectivity index (χ2v) is 4.82. The number of hydrogen-bond acceptors (Lipinski definition) is 5. The summed E-state index contributed by atoms with van der Waals surface area (Å²) in [6.07, 6.45) is 1.87. The van der Waals surface area contributed by atoms with Gasteiger partial charge in [0, 0.05) is 6.61 Å². The molecular weight excluding hydrogens is 234 g/mol. The topological polar surface area (TPSA) is 70.8 Å². The molecule has 0 aromatic rings. The molecule has 0 aliphatic heterocycles. The molecule has 1 aliphatic rings. The normalized spacial score (nSPS) is 20.2. The summed E-state index contributed by atoms with van der Waals surface area (Å²) in [7, 11) is 0. The van der Waals surface area contributed by atoms with Gasteiger partial charge in [0.05, 0.1) is 25.9 Å². The summed E-state index contributed by atoms with van der Waals surface area (Å²) in [5.41, 5.74) is 5.18. The van der Waals surface area contributed by atoms with Crippen LogP contribution in [0.25, 0.3) is 0 Å². The largest absolute Gasteiger partial charge is 0.465 e. The highest BCUT2D eigenvalue weighted by Crippen LogP contribution is 2.39. The molecule has 0 heterocycles. The predicted molar refractivity (Wildman–Crippen MR) is 68.2 cm³/mol. The Balaban J connectivity index is 2.44. The van der Waals surface area contributed by atoms with Crippen molar-refractivity contribution in [3.05, 3.63) is 0 Å². The number of carbonyl (C=O) groups excluding carboxylic acids is 1. The molecule has 0 amide bonds. The monoisotopic (exact) mass is 259 g/mol. The lowest BCUT2D eigenvalue weighted by molar-refractivity contribution is -0.154. The van der Waals surface area contributed by atoms with Crippen molar-refractivity contribution in [3.63, 3.8) is 0 Å². The van der Waals surface area contributed by atoms with Crippen LogP contribution in [0.3, 0.4) is 0 Å². The Morgan fingerprint density at radius 2 is 2.06 bits per heavy atom. The second kappa shape index (κ2) is 7.07. The first-order chi connectivity index (χ1) is 8.54. The third-order valence-corrected chi connectivity index (χ3v) is 3.12. The molecule has 2 unspecified atom stereocenters. The second-order valence-electron chi connectivity index (χ2n) is 4.82. The van der Waals surface area contributed by atoms with Gasteiger partial charge < -0.3 is 19.9 Å². The third-order valence-electron chi connectivity index (χ3n) is 3.12. The van der Waals surface area contributed by atoms with Crippen molar-refractivity contribution >= 4 is 5.97 Å². The van der Waals surface area contributed by atoms with Crippen LogP contribution in [-0.4, -0.2) is 44.0 Å². The van der Waals surface area contributed by atoms with Crippen LogP contribution in [-0.2, 0) is 19.0 Å². The van der Waals surface area contributed by atoms with Crippen molar-refractivity contribution in [2.75, 3.05) is 26.4 Å². The van der Waals surface area contributed by atoms with E-state index in [9.17, 15) is 4.79 Å². The number of hydrogen-bond donors (Lipinski definition) is 1. The number of ether oxygens (including phenoxy) is 3. The average molecular weight is 259 g/mol. The van der Waals surface area contributed by atoms with Crippen LogP contribution in [0.15, 0.2) is 0 Å². The molecule has 1 fully saturated rings. The van der Waals surface area contributed by atoms with Gasteiger partial charge in [0.1, 0.15) is 5.54 Å². The smallest absolute Gasteiger partial charge is 0.328 e. The minimum atomic E-state index is -0.990. The Bertz CT molecular complexity index is 268. The van der Waals surface area contributed by atoms with Gasteiger partial charge in [-0.2, -0.15) is 0 Å². The molecule has 1 saturated carbocycles. The van der Waals surface area contributed by atoms with E-state index in [2.05, 4.69) is 0 Å². The van der Waals surface area contributed by atoms with Crippen molar-refractivity contribution < 1.29 is 19.0 Å². The van der Waals surface area contributed by atoms with E-state index < -0.39 is 5.54 Å². The van der Waals surface area contributed by atoms with Gasteiger partial charge >= 0.3 is 5.97 Å². The first-order valence-corrected chi connectivity index (χ1v) is 6.70. The van der Waals surface area contributed by atoms with Crippen LogP contribution in [0.2, 0.25) is 0 Å². The molecule has 0 radical (unpaired) electrons. The SMILES string of the molecule is CCOCC(C)OCC(N)(C(=O)OCC)C1CC1. The molecule has 0 aromatic heterocycles. The lowest BCUT2D eigenvalue weighted by Gasteiger charge is -2.28. The van der Waals surface area contributed by atoms with E-state index in [1.165, 1.54) is 0 Å². The Kier molecular flexibility index (Phi) is 6.05. The Labute approximate surface area is 109 Å². The summed E-state index contributed by atoms with van der Waals surface area (Å²) in [5, 5.41) is 0. The number of carbonyl (C=O) groups is 1. The number of esters is 1. The maximum Gasteiger partial charge on any atom is 0.328 e. The molecule has 2 N–H and O–H groups in total. The Morgan fingerprint density at radius 1 is 1.39 bits per heavy atom. The third kappa shape index (κ3) is 4.23. The maximum atomic E-state index is 11.9. The summed E-state index contributed by atoms with van der Waals surface area (Å²) in [5.74, 6) is -0.160. The van der Waals surface area contributed by atoms with Crippen LogP contribution in [0.5, 0.6) is 0 Å². The van der Waals surface area contributed by atoms with Gasteiger partial charge in [-0.1, -0.05) is 0 Å². The fourth-order valence-electron chi connectivity index (χ4n) is 1.82. The zero-order chi connectivity index (χ0) is 13.6. The van der Waals surface area contributed by atoms with E-state index in [4.69, 9.17) is 19.9 Å². The molecule has 18 heavy (non-hydrogen) atoms. The zero-order valence-corrected chi connectivity index (χ0v) is 11.6. The van der Waals surface area contributed by atoms with E-state index in [1.807, 2.05) is 13.8 Å². The maximum absolute atomic E-state index is 11.9. The van der Waals surface area contributed by atoms with Crippen LogP contribution in [0.4, 0.5) is 0 Å². The van der Waals surface area contributed by atoms with Crippen molar-refractivity contribution in [2.24, 2.45) is 11.7 Å². The van der Waals surface area contributed by atoms with E-state index in [-0.39, 0.29) is 24.6 Å². The van der Waals surface area contributed by atoms with E-state index in [0.29, 0.717) is 19.8 Å². The zero-order valence-electron chi connectivity index (χ0n) is 11.6. The van der Waals surface area contributed by atoms with E-state index >= 15 is 0 Å². The van der Waals surface area contributed by atoms with Crippen LogP contribution >= 0.6 is 0 Å². The lowest BCUT2D eigenvalue weighted by Crippen LogP contribution is -2.55. The van der Waals surface area contributed by atoms with Gasteiger partial charge in [-0.15, -0.1) is 0 Å². The average Bonchev–Trinajstić information content (AvgIpc) is 3.18. The summed E-state index contributed by atoms with van der Waals surface area (Å²) in [4.78, 5) is 11.9. The van der Waals surface area contributed by atoms with Crippen molar-refractivity contribution in [1.82, 2.24) is 0 Å². The van der Waals surface area contributed by atoms with Gasteiger partial charge in [0.25, 0.3) is 0 Å². The summed E-state index contributed by atoms with van der Waals surface area (Å²) >= 11 is 0. The molecular formula is C13H25NO4. The molecule has 106 valence electrons. The first kappa shape index (κ1) is 15.4. The highest BCUT2D eigenvalue weighted by Gasteiger charge is 2.49. The van der Waals surface area contributed by atoms with E-state index in [1.54, 1.807) is 6.92 Å². The molecule has 1 aliphatic carbocycles. The van der Waals surface area contributed by atoms with Gasteiger partial charge in [-0.05, 0) is 39.5 Å². The fourth-order valence-corrected chi connectivity index (χ4v) is 1.82. The summed E-state index contributed by atoms with van der Waals surface area (Å²) < 4.78 is 15.9. The van der Waals surface area contributed by atoms with E-state index in [0.717, 1.165) is 12.8 Å². The fraction of sp³-hybridized carbons (Fsp3) is 0.923. The Hall–Kier alpha value is -0.650. The molecule has 0 bridgehead atoms. The molecule has 1 rings (SSSR count). The van der Waals surface area contributed by atoms with Gasteiger partial charge in [0.2, 0.25) is 0 Å². The van der Waals surface area contributed by atoms with Gasteiger partial charge in [-0.25, -0.2) is 4.79 Å². The van der Waals surface area contributed by atoms with Crippen molar-refractivity contribution in [1.29, 1.82) is 0 Å². The van der Waals surface area contributed by atoms with Crippen molar-refractivity contribution in [2.45, 2.75) is 45.3 Å².